The Labute approximate surface area is 178 Å². The van der Waals surface area contributed by atoms with Gasteiger partial charge in [-0.25, -0.2) is 8.42 Å². The van der Waals surface area contributed by atoms with Crippen LogP contribution in [-0.2, 0) is 14.8 Å². The van der Waals surface area contributed by atoms with Crippen molar-refractivity contribution in [3.8, 4) is 10.4 Å². The number of sulfonamides is 1. The number of rotatable bonds is 7. The average molecular weight is 441 g/mol. The molecule has 0 bridgehead atoms. The van der Waals surface area contributed by atoms with Crippen LogP contribution in [-0.4, -0.2) is 30.5 Å². The third-order valence-electron chi connectivity index (χ3n) is 5.06. The molecule has 154 valence electrons. The Bertz CT molecular complexity index is 1290. The van der Waals surface area contributed by atoms with Gasteiger partial charge in [-0.1, -0.05) is 55.5 Å². The van der Waals surface area contributed by atoms with Crippen LogP contribution in [0.5, 0.6) is 0 Å². The molecule has 6 nitrogen and oxygen atoms in total. The number of aliphatic carboxylic acids is 1. The first-order valence-electron chi connectivity index (χ1n) is 9.33. The van der Waals surface area contributed by atoms with Crippen LogP contribution in [0.25, 0.3) is 21.3 Å². The van der Waals surface area contributed by atoms with E-state index < -0.39 is 28.0 Å². The summed E-state index contributed by atoms with van der Waals surface area (Å²) in [6, 6.07) is 18.9. The summed E-state index contributed by atoms with van der Waals surface area (Å²) in [5, 5.41) is 10.6. The number of hydrogen-bond donors (Lipinski definition) is 3. The molecule has 0 aliphatic heterocycles. The number of carboxylic acids is 1. The van der Waals surface area contributed by atoms with Gasteiger partial charge in [-0.2, -0.15) is 4.72 Å². The van der Waals surface area contributed by atoms with Crippen molar-refractivity contribution < 1.29 is 18.3 Å². The van der Waals surface area contributed by atoms with Crippen molar-refractivity contribution in [1.29, 1.82) is 0 Å². The molecule has 8 heteroatoms. The fourth-order valence-corrected chi connectivity index (χ4v) is 6.06. The van der Waals surface area contributed by atoms with Gasteiger partial charge in [0.05, 0.1) is 0 Å². The van der Waals surface area contributed by atoms with Crippen molar-refractivity contribution in [3.63, 3.8) is 0 Å². The van der Waals surface area contributed by atoms with E-state index in [-0.39, 0.29) is 4.21 Å². The number of fused-ring (bicyclic) bond motifs is 1. The Kier molecular flexibility index (Phi) is 5.46. The zero-order valence-electron chi connectivity index (χ0n) is 16.1. The summed E-state index contributed by atoms with van der Waals surface area (Å²) in [7, 11) is -4.00. The lowest BCUT2D eigenvalue weighted by molar-refractivity contribution is -0.139. The Morgan fingerprint density at radius 1 is 1.03 bits per heavy atom. The minimum Gasteiger partial charge on any atom is -0.480 e. The lowest BCUT2D eigenvalue weighted by Crippen LogP contribution is -2.43. The van der Waals surface area contributed by atoms with Gasteiger partial charge < -0.3 is 10.1 Å². The Morgan fingerprint density at radius 3 is 2.47 bits per heavy atom. The molecule has 0 radical (unpaired) electrons. The Hall–Kier alpha value is -2.94. The molecule has 4 aromatic rings. The number of nitrogens with one attached hydrogen (secondary N) is 2. The molecule has 0 saturated heterocycles. The molecule has 2 atom stereocenters. The van der Waals surface area contributed by atoms with Gasteiger partial charge in [0.1, 0.15) is 10.3 Å². The second kappa shape index (κ2) is 8.06. The fraction of sp³-hybridized carbons (Fsp3) is 0.136. The molecular weight excluding hydrogens is 420 g/mol. The molecule has 1 unspecified atom stereocenters. The number of carbonyl (C=O) groups is 1. The summed E-state index contributed by atoms with van der Waals surface area (Å²) in [6.45, 7) is 1.71. The summed E-state index contributed by atoms with van der Waals surface area (Å²) in [5.74, 6) is -1.81. The monoisotopic (exact) mass is 440 g/mol. The molecule has 0 amide bonds. The number of aromatic nitrogens is 1. The Balaban J connectivity index is 1.63. The maximum Gasteiger partial charge on any atom is 0.322 e. The first-order chi connectivity index (χ1) is 14.4. The topological polar surface area (TPSA) is 99.3 Å². The van der Waals surface area contributed by atoms with E-state index in [1.165, 1.54) is 6.07 Å². The molecule has 4 rings (SSSR count). The molecule has 2 aromatic heterocycles. The highest BCUT2D eigenvalue weighted by Gasteiger charge is 2.33. The molecule has 0 fully saturated rings. The second-order valence-corrected chi connectivity index (χ2v) is 10.0. The van der Waals surface area contributed by atoms with Gasteiger partial charge in [0.25, 0.3) is 10.0 Å². The molecule has 0 spiro atoms. The molecule has 0 saturated carbocycles. The van der Waals surface area contributed by atoms with E-state index in [9.17, 15) is 18.3 Å². The van der Waals surface area contributed by atoms with Crippen molar-refractivity contribution >= 4 is 38.2 Å². The molecule has 2 heterocycles. The molecule has 2 aromatic carbocycles. The molecule has 0 aliphatic rings. The predicted octanol–water partition coefficient (Wildman–Crippen LogP) is 4.43. The first-order valence-corrected chi connectivity index (χ1v) is 11.6. The van der Waals surface area contributed by atoms with Gasteiger partial charge in [-0.3, -0.25) is 4.79 Å². The van der Waals surface area contributed by atoms with Crippen molar-refractivity contribution in [2.24, 2.45) is 0 Å². The van der Waals surface area contributed by atoms with Gasteiger partial charge in [-0.15, -0.1) is 11.3 Å². The molecule has 30 heavy (non-hydrogen) atoms. The third kappa shape index (κ3) is 3.89. The summed E-state index contributed by atoms with van der Waals surface area (Å²) >= 11 is 1.11. The van der Waals surface area contributed by atoms with Crippen LogP contribution >= 0.6 is 11.3 Å². The smallest absolute Gasteiger partial charge is 0.322 e. The van der Waals surface area contributed by atoms with E-state index in [2.05, 4.69) is 9.71 Å². The fourth-order valence-electron chi connectivity index (χ4n) is 3.46. The van der Waals surface area contributed by atoms with E-state index in [0.717, 1.165) is 38.2 Å². The van der Waals surface area contributed by atoms with Crippen LogP contribution in [0.4, 0.5) is 0 Å². The number of benzene rings is 2. The van der Waals surface area contributed by atoms with Crippen LogP contribution < -0.4 is 4.72 Å². The van der Waals surface area contributed by atoms with Gasteiger partial charge in [0, 0.05) is 27.9 Å². The van der Waals surface area contributed by atoms with E-state index in [4.69, 9.17) is 0 Å². The molecule has 0 aliphatic carbocycles. The lowest BCUT2D eigenvalue weighted by atomic mass is 9.93. The van der Waals surface area contributed by atoms with Gasteiger partial charge in [-0.05, 0) is 29.3 Å². The van der Waals surface area contributed by atoms with E-state index >= 15 is 0 Å². The van der Waals surface area contributed by atoms with Gasteiger partial charge in [0.2, 0.25) is 0 Å². The summed E-state index contributed by atoms with van der Waals surface area (Å²) in [6.07, 6.45) is 1.73. The number of aromatic amines is 1. The zero-order chi connectivity index (χ0) is 21.3. The predicted molar refractivity (Wildman–Crippen MR) is 118 cm³/mol. The number of para-hydroxylation sites is 1. The Morgan fingerprint density at radius 2 is 1.73 bits per heavy atom. The highest BCUT2D eigenvalue weighted by atomic mass is 32.2. The first kappa shape index (κ1) is 20.3. The normalized spacial score (nSPS) is 13.9. The minimum absolute atomic E-state index is 0.0822. The van der Waals surface area contributed by atoms with Crippen molar-refractivity contribution in [2.75, 3.05) is 0 Å². The van der Waals surface area contributed by atoms with Crippen LogP contribution in [0.2, 0.25) is 0 Å². The maximum atomic E-state index is 13.0. The number of carboxylic acid groups (broad SMARTS) is 1. The van der Waals surface area contributed by atoms with Crippen LogP contribution in [0.1, 0.15) is 18.4 Å². The van der Waals surface area contributed by atoms with E-state index in [0.29, 0.717) is 0 Å². The highest BCUT2D eigenvalue weighted by Crippen LogP contribution is 2.32. The summed E-state index contributed by atoms with van der Waals surface area (Å²) < 4.78 is 28.4. The van der Waals surface area contributed by atoms with E-state index in [1.807, 2.05) is 54.6 Å². The van der Waals surface area contributed by atoms with Gasteiger partial charge in [0.15, 0.2) is 0 Å². The van der Waals surface area contributed by atoms with Gasteiger partial charge >= 0.3 is 5.97 Å². The largest absolute Gasteiger partial charge is 0.480 e. The minimum atomic E-state index is -4.00. The summed E-state index contributed by atoms with van der Waals surface area (Å²) in [4.78, 5) is 15.9. The average Bonchev–Trinajstić information content (AvgIpc) is 3.40. The van der Waals surface area contributed by atoms with Crippen molar-refractivity contribution in [2.45, 2.75) is 23.1 Å². The number of thiophene rings is 1. The number of hydrogen-bond acceptors (Lipinski definition) is 4. The van der Waals surface area contributed by atoms with Crippen LogP contribution in [0, 0.1) is 0 Å². The lowest BCUT2D eigenvalue weighted by Gasteiger charge is -2.21. The molecule has 3 N–H and O–H groups in total. The van der Waals surface area contributed by atoms with Crippen molar-refractivity contribution in [3.05, 3.63) is 78.5 Å². The zero-order valence-corrected chi connectivity index (χ0v) is 17.7. The quantitative estimate of drug-likeness (QED) is 0.396. The van der Waals surface area contributed by atoms with Crippen LogP contribution in [0.15, 0.2) is 77.1 Å². The molecular formula is C22H20N2O4S2. The SMILES string of the molecule is CC(c1c[nH]c2ccccc12)[C@H](NS(=O)(=O)c1ccc(-c2ccccc2)s1)C(=O)O. The van der Waals surface area contributed by atoms with Crippen LogP contribution in [0.3, 0.4) is 0 Å². The maximum absolute atomic E-state index is 13.0. The second-order valence-electron chi connectivity index (χ2n) is 7.00. The summed E-state index contributed by atoms with van der Waals surface area (Å²) in [5.41, 5.74) is 2.53. The standard InChI is InChI=1S/C22H20N2O4S2/c1-14(17-13-23-18-10-6-5-9-16(17)18)21(22(25)26)24-30(27,28)20-12-11-19(29-20)15-7-3-2-4-8-15/h2-14,21,23-24H,1H3,(H,25,26)/t14?,21-/m0/s1. The van der Waals surface area contributed by atoms with Crippen molar-refractivity contribution in [1.82, 2.24) is 9.71 Å². The highest BCUT2D eigenvalue weighted by molar-refractivity contribution is 7.91. The third-order valence-corrected chi connectivity index (χ3v) is 8.13. The number of H-pyrrole nitrogens is 1. The van der Waals surface area contributed by atoms with E-state index in [1.54, 1.807) is 19.2 Å².